The Morgan fingerprint density at radius 3 is 2.33 bits per heavy atom. The minimum atomic E-state index is -0.802. The molecule has 0 aromatic heterocycles. The number of hydrazine groups is 1. The zero-order valence-corrected chi connectivity index (χ0v) is 13.6. The van der Waals surface area contributed by atoms with E-state index in [1.54, 1.807) is 18.2 Å². The van der Waals surface area contributed by atoms with Gasteiger partial charge in [-0.15, -0.1) is 0 Å². The van der Waals surface area contributed by atoms with Gasteiger partial charge in [-0.05, 0) is 24.1 Å². The van der Waals surface area contributed by atoms with E-state index in [0.717, 1.165) is 5.56 Å². The van der Waals surface area contributed by atoms with Gasteiger partial charge in [0, 0.05) is 7.11 Å². The predicted octanol–water partition coefficient (Wildman–Crippen LogP) is 1.91. The molecular formula is C18H20N2O4. The quantitative estimate of drug-likeness (QED) is 0.794. The Labute approximate surface area is 140 Å². The van der Waals surface area contributed by atoms with Crippen LogP contribution >= 0.6 is 0 Å². The number of hydrogen-bond acceptors (Lipinski definition) is 4. The fourth-order valence-electron chi connectivity index (χ4n) is 2.12. The van der Waals surface area contributed by atoms with Crippen LogP contribution in [0.4, 0.5) is 0 Å². The molecule has 1 unspecified atom stereocenters. The van der Waals surface area contributed by atoms with Gasteiger partial charge in [0.2, 0.25) is 0 Å². The summed E-state index contributed by atoms with van der Waals surface area (Å²) in [5, 5.41) is 0. The van der Waals surface area contributed by atoms with E-state index in [0.29, 0.717) is 11.3 Å². The number of hydrogen-bond donors (Lipinski definition) is 2. The largest absolute Gasteiger partial charge is 0.483 e. The van der Waals surface area contributed by atoms with E-state index in [9.17, 15) is 9.59 Å². The molecule has 0 fully saturated rings. The van der Waals surface area contributed by atoms with Gasteiger partial charge in [-0.3, -0.25) is 20.4 Å². The first-order valence-electron chi connectivity index (χ1n) is 7.46. The third-order valence-corrected chi connectivity index (χ3v) is 3.35. The molecule has 0 bridgehead atoms. The van der Waals surface area contributed by atoms with Gasteiger partial charge in [0.25, 0.3) is 11.8 Å². The Morgan fingerprint density at radius 2 is 1.67 bits per heavy atom. The van der Waals surface area contributed by atoms with Crippen LogP contribution in [0.1, 0.15) is 17.2 Å². The molecule has 24 heavy (non-hydrogen) atoms. The van der Waals surface area contributed by atoms with Crippen molar-refractivity contribution in [2.75, 3.05) is 13.7 Å². The van der Waals surface area contributed by atoms with Crippen LogP contribution in [0.25, 0.3) is 0 Å². The first-order chi connectivity index (χ1) is 11.6. The fraction of sp³-hybridized carbons (Fsp3) is 0.222. The van der Waals surface area contributed by atoms with Crippen LogP contribution in [0, 0.1) is 6.92 Å². The lowest BCUT2D eigenvalue weighted by molar-refractivity contribution is -0.136. The number of carbonyl (C=O) groups excluding carboxylic acids is 2. The smallest absolute Gasteiger partial charge is 0.276 e. The maximum atomic E-state index is 12.1. The average molecular weight is 328 g/mol. The van der Waals surface area contributed by atoms with Crippen LogP contribution in [-0.4, -0.2) is 25.5 Å². The Bertz CT molecular complexity index is 688. The summed E-state index contributed by atoms with van der Waals surface area (Å²) in [6.45, 7) is 1.69. The third-order valence-electron chi connectivity index (χ3n) is 3.35. The maximum absolute atomic E-state index is 12.1. The van der Waals surface area contributed by atoms with E-state index >= 15 is 0 Å². The van der Waals surface area contributed by atoms with Crippen LogP contribution in [0.5, 0.6) is 5.75 Å². The van der Waals surface area contributed by atoms with Crippen LogP contribution < -0.4 is 15.6 Å². The molecule has 2 aromatic rings. The topological polar surface area (TPSA) is 76.7 Å². The van der Waals surface area contributed by atoms with Gasteiger partial charge < -0.3 is 9.47 Å². The number of carbonyl (C=O) groups is 2. The summed E-state index contributed by atoms with van der Waals surface area (Å²) in [6, 6.07) is 16.4. The summed E-state index contributed by atoms with van der Waals surface area (Å²) >= 11 is 0. The number of amides is 2. The second-order valence-corrected chi connectivity index (χ2v) is 5.12. The minimum Gasteiger partial charge on any atom is -0.483 e. The van der Waals surface area contributed by atoms with Gasteiger partial charge in [-0.2, -0.15) is 0 Å². The van der Waals surface area contributed by atoms with Gasteiger partial charge in [0.05, 0.1) is 0 Å². The molecule has 0 radical (unpaired) electrons. The molecule has 2 N–H and O–H groups in total. The number of aryl methyl sites for hydroxylation is 1. The van der Waals surface area contributed by atoms with Crippen molar-refractivity contribution in [1.82, 2.24) is 10.9 Å². The van der Waals surface area contributed by atoms with E-state index < -0.39 is 17.9 Å². The molecule has 0 spiro atoms. The molecule has 0 aliphatic rings. The van der Waals surface area contributed by atoms with Gasteiger partial charge >= 0.3 is 0 Å². The molecule has 0 aliphatic carbocycles. The summed E-state index contributed by atoms with van der Waals surface area (Å²) in [5.74, 6) is -0.305. The summed E-state index contributed by atoms with van der Waals surface area (Å²) < 4.78 is 10.6. The normalized spacial score (nSPS) is 11.4. The van der Waals surface area contributed by atoms with Crippen molar-refractivity contribution in [3.05, 3.63) is 65.7 Å². The molecule has 0 aliphatic heterocycles. The molecule has 6 nitrogen and oxygen atoms in total. The highest BCUT2D eigenvalue weighted by molar-refractivity contribution is 5.86. The van der Waals surface area contributed by atoms with Gasteiger partial charge in [0.1, 0.15) is 5.75 Å². The number of benzene rings is 2. The minimum absolute atomic E-state index is 0.200. The first kappa shape index (κ1) is 17.5. The average Bonchev–Trinajstić information content (AvgIpc) is 2.61. The zero-order valence-electron chi connectivity index (χ0n) is 13.6. The lowest BCUT2D eigenvalue weighted by atomic mass is 10.1. The summed E-state index contributed by atoms with van der Waals surface area (Å²) in [7, 11) is 1.43. The van der Waals surface area contributed by atoms with E-state index in [-0.39, 0.29) is 6.61 Å². The van der Waals surface area contributed by atoms with Crippen molar-refractivity contribution < 1.29 is 19.1 Å². The third kappa shape index (κ3) is 4.82. The molecule has 1 atom stereocenters. The number of methoxy groups -OCH3 is 1. The monoisotopic (exact) mass is 328 g/mol. The molecule has 2 rings (SSSR count). The maximum Gasteiger partial charge on any atom is 0.276 e. The Kier molecular flexibility index (Phi) is 6.33. The molecule has 0 saturated carbocycles. The van der Waals surface area contributed by atoms with E-state index in [1.807, 2.05) is 43.3 Å². The highest BCUT2D eigenvalue weighted by atomic mass is 16.5. The van der Waals surface area contributed by atoms with Gasteiger partial charge in [-0.25, -0.2) is 0 Å². The van der Waals surface area contributed by atoms with Crippen LogP contribution in [-0.2, 0) is 14.3 Å². The molecule has 0 heterocycles. The summed E-state index contributed by atoms with van der Waals surface area (Å²) in [4.78, 5) is 23.9. The second kappa shape index (κ2) is 8.69. The molecule has 2 aromatic carbocycles. The van der Waals surface area contributed by atoms with Crippen LogP contribution in [0.15, 0.2) is 54.6 Å². The highest BCUT2D eigenvalue weighted by Gasteiger charge is 2.20. The molecule has 0 saturated heterocycles. The van der Waals surface area contributed by atoms with Gasteiger partial charge in [-0.1, -0.05) is 48.5 Å². The van der Waals surface area contributed by atoms with E-state index in [2.05, 4.69) is 10.9 Å². The lowest BCUT2D eigenvalue weighted by Crippen LogP contribution is -2.46. The predicted molar refractivity (Wildman–Crippen MR) is 89.2 cm³/mol. The van der Waals surface area contributed by atoms with E-state index in [1.165, 1.54) is 7.11 Å². The van der Waals surface area contributed by atoms with Crippen LogP contribution in [0.3, 0.4) is 0 Å². The fourth-order valence-corrected chi connectivity index (χ4v) is 2.12. The SMILES string of the molecule is COC(C(=O)NNC(=O)COc1ccccc1C)c1ccccc1. The van der Waals surface area contributed by atoms with Crippen molar-refractivity contribution in [2.45, 2.75) is 13.0 Å². The first-order valence-corrected chi connectivity index (χ1v) is 7.46. The van der Waals surface area contributed by atoms with Crippen molar-refractivity contribution >= 4 is 11.8 Å². The standard InChI is InChI=1S/C18H20N2O4/c1-13-8-6-7-11-15(13)24-12-16(21)19-20-18(22)17(23-2)14-9-4-3-5-10-14/h3-11,17H,12H2,1-2H3,(H,19,21)(H,20,22). The number of para-hydroxylation sites is 1. The molecule has 6 heteroatoms. The molecular weight excluding hydrogens is 308 g/mol. The number of rotatable bonds is 6. The molecule has 2 amide bonds. The van der Waals surface area contributed by atoms with Crippen LogP contribution in [0.2, 0.25) is 0 Å². The number of ether oxygens (including phenoxy) is 2. The van der Waals surface area contributed by atoms with Crippen molar-refractivity contribution in [1.29, 1.82) is 0 Å². The zero-order chi connectivity index (χ0) is 17.4. The van der Waals surface area contributed by atoms with Crippen molar-refractivity contribution in [2.24, 2.45) is 0 Å². The Morgan fingerprint density at radius 1 is 1.00 bits per heavy atom. The van der Waals surface area contributed by atoms with E-state index in [4.69, 9.17) is 9.47 Å². The molecule has 126 valence electrons. The van der Waals surface area contributed by atoms with Crippen molar-refractivity contribution in [3.8, 4) is 5.75 Å². The Hall–Kier alpha value is -2.86. The Balaban J connectivity index is 1.82. The highest BCUT2D eigenvalue weighted by Crippen LogP contribution is 2.16. The lowest BCUT2D eigenvalue weighted by Gasteiger charge is -2.16. The number of nitrogens with one attached hydrogen (secondary N) is 2. The van der Waals surface area contributed by atoms with Crippen molar-refractivity contribution in [3.63, 3.8) is 0 Å². The summed E-state index contributed by atoms with van der Waals surface area (Å²) in [6.07, 6.45) is -0.802. The second-order valence-electron chi connectivity index (χ2n) is 5.12. The summed E-state index contributed by atoms with van der Waals surface area (Å²) in [5.41, 5.74) is 6.28. The van der Waals surface area contributed by atoms with Gasteiger partial charge in [0.15, 0.2) is 12.7 Å².